The number of anilines is 1. The fourth-order valence-electron chi connectivity index (χ4n) is 1.37. The van der Waals surface area contributed by atoms with E-state index in [1.54, 1.807) is 13.0 Å². The van der Waals surface area contributed by atoms with Crippen LogP contribution in [0.5, 0.6) is 0 Å². The highest BCUT2D eigenvalue weighted by molar-refractivity contribution is 5.72. The van der Waals surface area contributed by atoms with E-state index in [1.807, 2.05) is 0 Å². The molecule has 0 atom stereocenters. The Labute approximate surface area is 102 Å². The first-order valence-corrected chi connectivity index (χ1v) is 5.12. The van der Waals surface area contributed by atoms with Crippen molar-refractivity contribution in [2.24, 2.45) is 0 Å². The van der Waals surface area contributed by atoms with Crippen LogP contribution in [0.1, 0.15) is 30.3 Å². The largest absolute Gasteiger partial charge is 0.466 e. The molecule has 0 saturated heterocycles. The zero-order chi connectivity index (χ0) is 13.7. The third-order valence-corrected chi connectivity index (χ3v) is 2.08. The van der Waals surface area contributed by atoms with Crippen LogP contribution in [0.25, 0.3) is 0 Å². The number of alkyl halides is 2. The van der Waals surface area contributed by atoms with E-state index in [0.29, 0.717) is 0 Å². The van der Waals surface area contributed by atoms with Crippen molar-refractivity contribution in [2.45, 2.75) is 19.8 Å². The Morgan fingerprint density at radius 2 is 2.33 bits per heavy atom. The molecule has 5 nitrogen and oxygen atoms in total. The quantitative estimate of drug-likeness (QED) is 0.825. The average Bonchev–Trinajstić information content (AvgIpc) is 2.28. The smallest absolute Gasteiger partial charge is 0.311 e. The van der Waals surface area contributed by atoms with E-state index in [0.717, 1.165) is 0 Å². The van der Waals surface area contributed by atoms with E-state index in [-0.39, 0.29) is 30.0 Å². The number of nitrogens with zero attached hydrogens (tertiary/aromatic N) is 2. The van der Waals surface area contributed by atoms with Crippen molar-refractivity contribution in [3.63, 3.8) is 0 Å². The number of nitriles is 1. The summed E-state index contributed by atoms with van der Waals surface area (Å²) in [5, 5.41) is 8.71. The number of hydrogen-bond donors (Lipinski definition) is 1. The van der Waals surface area contributed by atoms with Crippen molar-refractivity contribution in [1.82, 2.24) is 4.98 Å². The number of nitrogens with two attached hydrogens (primary N) is 1. The molecule has 0 spiro atoms. The fraction of sp³-hybridized carbons (Fsp3) is 0.364. The summed E-state index contributed by atoms with van der Waals surface area (Å²) >= 11 is 0. The maximum absolute atomic E-state index is 12.7. The van der Waals surface area contributed by atoms with Gasteiger partial charge in [-0.3, -0.25) is 4.79 Å². The van der Waals surface area contributed by atoms with Gasteiger partial charge >= 0.3 is 5.97 Å². The van der Waals surface area contributed by atoms with Crippen molar-refractivity contribution in [3.05, 3.63) is 23.0 Å². The molecule has 2 N–H and O–H groups in total. The molecule has 1 aromatic heterocycles. The van der Waals surface area contributed by atoms with Gasteiger partial charge in [0.25, 0.3) is 6.43 Å². The molecule has 1 heterocycles. The number of rotatable bonds is 4. The number of carbonyl (C=O) groups is 1. The Morgan fingerprint density at radius 3 is 2.83 bits per heavy atom. The van der Waals surface area contributed by atoms with E-state index in [1.165, 1.54) is 6.07 Å². The normalized spacial score (nSPS) is 10.2. The number of halogens is 2. The van der Waals surface area contributed by atoms with Gasteiger partial charge in [-0.1, -0.05) is 0 Å². The third kappa shape index (κ3) is 3.13. The Morgan fingerprint density at radius 1 is 1.67 bits per heavy atom. The molecule has 0 aliphatic heterocycles. The molecule has 0 aliphatic carbocycles. The predicted octanol–water partition coefficient (Wildman–Crippen LogP) is 1.58. The minimum absolute atomic E-state index is 0.0558. The Kier molecular flexibility index (Phi) is 4.54. The molecular formula is C11H11F2N3O2. The summed E-state index contributed by atoms with van der Waals surface area (Å²) in [5.41, 5.74) is 4.33. The number of nitrogen functional groups attached to an aromatic ring is 1. The van der Waals surface area contributed by atoms with E-state index >= 15 is 0 Å². The lowest BCUT2D eigenvalue weighted by Gasteiger charge is -2.08. The van der Waals surface area contributed by atoms with Gasteiger partial charge in [-0.05, 0) is 13.0 Å². The van der Waals surface area contributed by atoms with Gasteiger partial charge in [0.15, 0.2) is 0 Å². The number of esters is 1. The van der Waals surface area contributed by atoms with Crippen molar-refractivity contribution < 1.29 is 18.3 Å². The molecule has 0 radical (unpaired) electrons. The standard InChI is InChI=1S/C11H11F2N3O2/c1-2-18-9(17)4-6-3-8(15)7(5-14)10(16-6)11(12)13/h3,11H,2,4H2,1H3,(H2,15,16). The zero-order valence-electron chi connectivity index (χ0n) is 9.61. The van der Waals surface area contributed by atoms with Crippen LogP contribution in [0.2, 0.25) is 0 Å². The third-order valence-electron chi connectivity index (χ3n) is 2.08. The summed E-state index contributed by atoms with van der Waals surface area (Å²) in [6.07, 6.45) is -3.19. The number of pyridine rings is 1. The van der Waals surface area contributed by atoms with Gasteiger partial charge in [0, 0.05) is 0 Å². The van der Waals surface area contributed by atoms with Gasteiger partial charge < -0.3 is 10.5 Å². The second-order valence-corrected chi connectivity index (χ2v) is 3.36. The van der Waals surface area contributed by atoms with Crippen LogP contribution >= 0.6 is 0 Å². The molecule has 0 aliphatic rings. The second-order valence-electron chi connectivity index (χ2n) is 3.36. The highest BCUT2D eigenvalue weighted by atomic mass is 19.3. The summed E-state index contributed by atoms with van der Waals surface area (Å²) < 4.78 is 30.0. The molecule has 18 heavy (non-hydrogen) atoms. The molecule has 1 rings (SSSR count). The van der Waals surface area contributed by atoms with Gasteiger partial charge in [0.1, 0.15) is 17.3 Å². The van der Waals surface area contributed by atoms with Gasteiger partial charge in [-0.2, -0.15) is 5.26 Å². The molecule has 7 heteroatoms. The van der Waals surface area contributed by atoms with Gasteiger partial charge in [-0.25, -0.2) is 13.8 Å². The summed E-state index contributed by atoms with van der Waals surface area (Å²) in [6.45, 7) is 1.81. The highest BCUT2D eigenvalue weighted by Gasteiger charge is 2.19. The first-order valence-electron chi connectivity index (χ1n) is 5.12. The first kappa shape index (κ1) is 13.8. The number of carbonyl (C=O) groups excluding carboxylic acids is 1. The minimum Gasteiger partial charge on any atom is -0.466 e. The van der Waals surface area contributed by atoms with E-state index in [4.69, 9.17) is 11.0 Å². The Balaban J connectivity index is 3.10. The minimum atomic E-state index is -2.93. The first-order chi connectivity index (χ1) is 8.49. The lowest BCUT2D eigenvalue weighted by atomic mass is 10.1. The second kappa shape index (κ2) is 5.91. The van der Waals surface area contributed by atoms with Crippen molar-refractivity contribution in [3.8, 4) is 6.07 Å². The van der Waals surface area contributed by atoms with Crippen molar-refractivity contribution in [1.29, 1.82) is 5.26 Å². The van der Waals surface area contributed by atoms with Crippen LogP contribution in [-0.4, -0.2) is 17.6 Å². The molecule has 0 fully saturated rings. The molecule has 0 unspecified atom stereocenters. The van der Waals surface area contributed by atoms with Crippen LogP contribution < -0.4 is 5.73 Å². The summed E-state index contributed by atoms with van der Waals surface area (Å²) in [4.78, 5) is 14.8. The highest BCUT2D eigenvalue weighted by Crippen LogP contribution is 2.25. The predicted molar refractivity (Wildman–Crippen MR) is 58.7 cm³/mol. The van der Waals surface area contributed by atoms with Gasteiger partial charge in [0.05, 0.1) is 24.4 Å². The molecule has 0 bridgehead atoms. The molecule has 0 amide bonds. The maximum atomic E-state index is 12.7. The van der Waals surface area contributed by atoms with Crippen LogP contribution in [0.3, 0.4) is 0 Å². The molecule has 0 saturated carbocycles. The van der Waals surface area contributed by atoms with E-state index in [9.17, 15) is 13.6 Å². The van der Waals surface area contributed by atoms with Crippen LogP contribution in [0, 0.1) is 11.3 Å². The number of hydrogen-bond acceptors (Lipinski definition) is 5. The van der Waals surface area contributed by atoms with Crippen LogP contribution in [0.4, 0.5) is 14.5 Å². The van der Waals surface area contributed by atoms with Crippen molar-refractivity contribution in [2.75, 3.05) is 12.3 Å². The number of ether oxygens (including phenoxy) is 1. The zero-order valence-corrected chi connectivity index (χ0v) is 9.61. The lowest BCUT2D eigenvalue weighted by molar-refractivity contribution is -0.142. The Hall–Kier alpha value is -2.23. The van der Waals surface area contributed by atoms with E-state index < -0.39 is 18.1 Å². The lowest BCUT2D eigenvalue weighted by Crippen LogP contribution is -2.11. The summed E-state index contributed by atoms with van der Waals surface area (Å²) in [6, 6.07) is 2.79. The number of aromatic nitrogens is 1. The van der Waals surface area contributed by atoms with Crippen LogP contribution in [0.15, 0.2) is 6.07 Å². The van der Waals surface area contributed by atoms with E-state index in [2.05, 4.69) is 9.72 Å². The van der Waals surface area contributed by atoms with Crippen LogP contribution in [-0.2, 0) is 16.0 Å². The molecule has 0 aromatic carbocycles. The fourth-order valence-corrected chi connectivity index (χ4v) is 1.37. The molecule has 96 valence electrons. The topological polar surface area (TPSA) is 89.0 Å². The SMILES string of the molecule is CCOC(=O)Cc1cc(N)c(C#N)c(C(F)F)n1. The Bertz CT molecular complexity index is 498. The maximum Gasteiger partial charge on any atom is 0.311 e. The summed E-state index contributed by atoms with van der Waals surface area (Å²) in [5.74, 6) is -0.589. The van der Waals surface area contributed by atoms with Gasteiger partial charge in [0.2, 0.25) is 0 Å². The van der Waals surface area contributed by atoms with Crippen molar-refractivity contribution >= 4 is 11.7 Å². The van der Waals surface area contributed by atoms with Gasteiger partial charge in [-0.15, -0.1) is 0 Å². The monoisotopic (exact) mass is 255 g/mol. The molecular weight excluding hydrogens is 244 g/mol. The average molecular weight is 255 g/mol. The summed E-state index contributed by atoms with van der Waals surface area (Å²) in [7, 11) is 0. The molecule has 1 aromatic rings.